The van der Waals surface area contributed by atoms with E-state index in [2.05, 4.69) is 4.98 Å². The molecule has 0 saturated heterocycles. The molecule has 0 aliphatic heterocycles. The number of aromatic nitrogens is 1. The third-order valence-electron chi connectivity index (χ3n) is 2.68. The first-order valence-electron chi connectivity index (χ1n) is 6.05. The summed E-state index contributed by atoms with van der Waals surface area (Å²) in [5, 5.41) is 9.00. The lowest BCUT2D eigenvalue weighted by molar-refractivity contribution is 0.414. The van der Waals surface area contributed by atoms with Crippen molar-refractivity contribution in [2.45, 2.75) is 0 Å². The Morgan fingerprint density at radius 1 is 1.30 bits per heavy atom. The zero-order valence-electron chi connectivity index (χ0n) is 11.6. The van der Waals surface area contributed by atoms with Gasteiger partial charge in [-0.2, -0.15) is 10.2 Å². The van der Waals surface area contributed by atoms with Gasteiger partial charge in [-0.25, -0.2) is 0 Å². The summed E-state index contributed by atoms with van der Waals surface area (Å²) < 4.78 is 10.8. The minimum absolute atomic E-state index is 0.273. The van der Waals surface area contributed by atoms with Crippen LogP contribution >= 0.6 is 0 Å². The monoisotopic (exact) mass is 269 g/mol. The first-order chi connectivity index (χ1) is 9.65. The van der Waals surface area contributed by atoms with E-state index < -0.39 is 0 Å². The average Bonchev–Trinajstić information content (AvgIpc) is 2.89. The Morgan fingerprint density at radius 3 is 2.65 bits per heavy atom. The number of hydrogen-bond acceptors (Lipinski definition) is 5. The van der Waals surface area contributed by atoms with Gasteiger partial charge in [-0.05, 0) is 12.1 Å². The second-order valence-electron chi connectivity index (χ2n) is 4.29. The number of oxazole rings is 1. The fourth-order valence-corrected chi connectivity index (χ4v) is 1.74. The van der Waals surface area contributed by atoms with Crippen molar-refractivity contribution in [1.29, 1.82) is 5.26 Å². The Balaban J connectivity index is 2.30. The van der Waals surface area contributed by atoms with Crippen molar-refractivity contribution in [2.24, 2.45) is 0 Å². The molecule has 102 valence electrons. The van der Waals surface area contributed by atoms with E-state index in [1.54, 1.807) is 32.2 Å². The molecule has 1 aromatic carbocycles. The van der Waals surface area contributed by atoms with Crippen LogP contribution in [0.25, 0.3) is 12.2 Å². The number of ether oxygens (including phenoxy) is 1. The van der Waals surface area contributed by atoms with E-state index in [1.807, 2.05) is 36.4 Å². The fraction of sp³-hybridized carbons (Fsp3) is 0.200. The number of rotatable bonds is 4. The summed E-state index contributed by atoms with van der Waals surface area (Å²) in [7, 11) is 5.22. The maximum absolute atomic E-state index is 9.00. The summed E-state index contributed by atoms with van der Waals surface area (Å²) >= 11 is 0. The van der Waals surface area contributed by atoms with Crippen LogP contribution in [0.5, 0.6) is 5.75 Å². The van der Waals surface area contributed by atoms with Crippen LogP contribution in [0, 0.1) is 11.3 Å². The fourth-order valence-electron chi connectivity index (χ4n) is 1.74. The van der Waals surface area contributed by atoms with Crippen LogP contribution in [0.2, 0.25) is 0 Å². The number of nitriles is 1. The Bertz CT molecular complexity index is 666. The van der Waals surface area contributed by atoms with Crippen LogP contribution in [0.15, 0.2) is 28.7 Å². The van der Waals surface area contributed by atoms with E-state index in [4.69, 9.17) is 14.4 Å². The lowest BCUT2D eigenvalue weighted by Gasteiger charge is -2.05. The number of para-hydroxylation sites is 1. The Labute approximate surface area is 117 Å². The van der Waals surface area contributed by atoms with Crippen molar-refractivity contribution in [3.63, 3.8) is 0 Å². The molecule has 5 nitrogen and oxygen atoms in total. The van der Waals surface area contributed by atoms with Gasteiger partial charge in [0.2, 0.25) is 17.5 Å². The zero-order chi connectivity index (χ0) is 14.5. The molecule has 0 N–H and O–H groups in total. The van der Waals surface area contributed by atoms with Crippen LogP contribution in [-0.2, 0) is 0 Å². The SMILES string of the molecule is COc1ccccc1/C=C/c1nc(C#N)c(N(C)C)o1. The third kappa shape index (κ3) is 2.81. The Kier molecular flexibility index (Phi) is 4.06. The number of benzene rings is 1. The molecule has 2 rings (SSSR count). The van der Waals surface area contributed by atoms with E-state index in [0.29, 0.717) is 11.8 Å². The molecule has 1 aromatic heterocycles. The van der Waals surface area contributed by atoms with Gasteiger partial charge in [0.05, 0.1) is 7.11 Å². The van der Waals surface area contributed by atoms with Gasteiger partial charge in [-0.15, -0.1) is 0 Å². The summed E-state index contributed by atoms with van der Waals surface area (Å²) in [5.74, 6) is 1.60. The molecule has 0 aliphatic carbocycles. The van der Waals surface area contributed by atoms with Gasteiger partial charge >= 0.3 is 0 Å². The molecule has 0 fully saturated rings. The molecular formula is C15H15N3O2. The molecule has 0 saturated carbocycles. The highest BCUT2D eigenvalue weighted by molar-refractivity contribution is 5.70. The predicted molar refractivity (Wildman–Crippen MR) is 77.5 cm³/mol. The van der Waals surface area contributed by atoms with Gasteiger partial charge < -0.3 is 14.1 Å². The lowest BCUT2D eigenvalue weighted by atomic mass is 10.2. The van der Waals surface area contributed by atoms with Crippen molar-refractivity contribution in [3.05, 3.63) is 41.4 Å². The van der Waals surface area contributed by atoms with E-state index in [9.17, 15) is 0 Å². The van der Waals surface area contributed by atoms with Crippen molar-refractivity contribution < 1.29 is 9.15 Å². The van der Waals surface area contributed by atoms with Gasteiger partial charge in [0.25, 0.3) is 0 Å². The molecular weight excluding hydrogens is 254 g/mol. The molecule has 1 heterocycles. The number of nitrogens with zero attached hydrogens (tertiary/aromatic N) is 3. The predicted octanol–water partition coefficient (Wildman–Crippen LogP) is 2.79. The molecule has 0 atom stereocenters. The molecule has 0 unspecified atom stereocenters. The second-order valence-corrected chi connectivity index (χ2v) is 4.29. The highest BCUT2D eigenvalue weighted by Crippen LogP contribution is 2.23. The molecule has 0 bridgehead atoms. The summed E-state index contributed by atoms with van der Waals surface area (Å²) in [6.45, 7) is 0. The van der Waals surface area contributed by atoms with E-state index in [-0.39, 0.29) is 5.69 Å². The highest BCUT2D eigenvalue weighted by atomic mass is 16.5. The molecule has 0 radical (unpaired) electrons. The van der Waals surface area contributed by atoms with Crippen molar-refractivity contribution in [1.82, 2.24) is 4.98 Å². The number of methoxy groups -OCH3 is 1. The second kappa shape index (κ2) is 5.93. The summed E-state index contributed by atoms with van der Waals surface area (Å²) in [5.41, 5.74) is 1.19. The van der Waals surface area contributed by atoms with E-state index in [1.165, 1.54) is 0 Å². The lowest BCUT2D eigenvalue weighted by Crippen LogP contribution is -2.08. The first kappa shape index (κ1) is 13.7. The first-order valence-corrected chi connectivity index (χ1v) is 6.05. The summed E-state index contributed by atoms with van der Waals surface area (Å²) in [6, 6.07) is 9.64. The van der Waals surface area contributed by atoms with Crippen LogP contribution in [-0.4, -0.2) is 26.2 Å². The minimum atomic E-state index is 0.273. The zero-order valence-corrected chi connectivity index (χ0v) is 11.6. The van der Waals surface area contributed by atoms with Crippen molar-refractivity contribution in [2.75, 3.05) is 26.1 Å². The maximum Gasteiger partial charge on any atom is 0.234 e. The van der Waals surface area contributed by atoms with Gasteiger partial charge in [-0.1, -0.05) is 18.2 Å². The Morgan fingerprint density at radius 2 is 2.05 bits per heavy atom. The van der Waals surface area contributed by atoms with E-state index >= 15 is 0 Å². The molecule has 2 aromatic rings. The number of anilines is 1. The molecule has 0 amide bonds. The maximum atomic E-state index is 9.00. The van der Waals surface area contributed by atoms with Gasteiger partial charge in [0.1, 0.15) is 11.8 Å². The standard InChI is InChI=1S/C15H15N3O2/c1-18(2)15-12(10-16)17-14(20-15)9-8-11-6-4-5-7-13(11)19-3/h4-9H,1-3H3/b9-8+. The van der Waals surface area contributed by atoms with Crippen LogP contribution in [0.1, 0.15) is 17.1 Å². The topological polar surface area (TPSA) is 62.3 Å². The van der Waals surface area contributed by atoms with Gasteiger partial charge in [0, 0.05) is 25.7 Å². The smallest absolute Gasteiger partial charge is 0.234 e. The molecule has 5 heteroatoms. The largest absolute Gasteiger partial charge is 0.496 e. The minimum Gasteiger partial charge on any atom is -0.496 e. The normalized spacial score (nSPS) is 10.5. The molecule has 20 heavy (non-hydrogen) atoms. The average molecular weight is 269 g/mol. The molecule has 0 spiro atoms. The van der Waals surface area contributed by atoms with Crippen molar-refractivity contribution >= 4 is 18.0 Å². The van der Waals surface area contributed by atoms with Gasteiger partial charge in [0.15, 0.2) is 0 Å². The highest BCUT2D eigenvalue weighted by Gasteiger charge is 2.12. The summed E-state index contributed by atoms with van der Waals surface area (Å²) in [6.07, 6.45) is 3.55. The quantitative estimate of drug-likeness (QED) is 0.854. The Hall–Kier alpha value is -2.74. The van der Waals surface area contributed by atoms with Crippen LogP contribution < -0.4 is 9.64 Å². The van der Waals surface area contributed by atoms with Crippen molar-refractivity contribution in [3.8, 4) is 11.8 Å². The van der Waals surface area contributed by atoms with E-state index in [0.717, 1.165) is 11.3 Å². The number of hydrogen-bond donors (Lipinski definition) is 0. The van der Waals surface area contributed by atoms with Crippen LogP contribution in [0.4, 0.5) is 5.88 Å². The van der Waals surface area contributed by atoms with Gasteiger partial charge in [-0.3, -0.25) is 0 Å². The summed E-state index contributed by atoms with van der Waals surface area (Å²) in [4.78, 5) is 5.84. The molecule has 0 aliphatic rings. The third-order valence-corrected chi connectivity index (χ3v) is 2.68. The van der Waals surface area contributed by atoms with Crippen LogP contribution in [0.3, 0.4) is 0 Å².